The predicted molar refractivity (Wildman–Crippen MR) is 120 cm³/mol. The first-order valence-corrected chi connectivity index (χ1v) is 11.3. The standard InChI is InChI=1S/C23H29BrN4O/c1-2-3-4-5-6-7-8-17-28-26-23(25-27-28)20-11-15-22(16-12-20)29-18-19-9-13-21(24)14-10-19/h9-16H,2-8,17-18H2,1H3. The van der Waals surface area contributed by atoms with Crippen LogP contribution >= 0.6 is 15.9 Å². The molecule has 0 amide bonds. The maximum Gasteiger partial charge on any atom is 0.204 e. The number of tetrazole rings is 1. The fraction of sp³-hybridized carbons (Fsp3) is 0.435. The molecule has 0 unspecified atom stereocenters. The van der Waals surface area contributed by atoms with E-state index in [0.29, 0.717) is 12.4 Å². The lowest BCUT2D eigenvalue weighted by atomic mass is 10.1. The van der Waals surface area contributed by atoms with Crippen molar-refractivity contribution in [3.63, 3.8) is 0 Å². The van der Waals surface area contributed by atoms with E-state index < -0.39 is 0 Å². The third-order valence-electron chi connectivity index (χ3n) is 4.85. The summed E-state index contributed by atoms with van der Waals surface area (Å²) in [7, 11) is 0. The van der Waals surface area contributed by atoms with Crippen LogP contribution in [0.1, 0.15) is 57.4 Å². The van der Waals surface area contributed by atoms with Gasteiger partial charge in [0.05, 0.1) is 6.54 Å². The number of hydrogen-bond acceptors (Lipinski definition) is 4. The van der Waals surface area contributed by atoms with Crippen LogP contribution in [0.4, 0.5) is 0 Å². The van der Waals surface area contributed by atoms with Gasteiger partial charge in [-0.2, -0.15) is 4.80 Å². The van der Waals surface area contributed by atoms with Gasteiger partial charge in [-0.05, 0) is 53.6 Å². The van der Waals surface area contributed by atoms with E-state index >= 15 is 0 Å². The molecule has 0 aliphatic heterocycles. The smallest absolute Gasteiger partial charge is 0.204 e. The Kier molecular flexibility index (Phi) is 8.68. The number of benzene rings is 2. The number of rotatable bonds is 12. The van der Waals surface area contributed by atoms with Crippen molar-refractivity contribution in [3.8, 4) is 17.1 Å². The van der Waals surface area contributed by atoms with Crippen LogP contribution in [0.25, 0.3) is 11.4 Å². The SMILES string of the molecule is CCCCCCCCCn1nnc(-c2ccc(OCc3ccc(Br)cc3)cc2)n1. The van der Waals surface area contributed by atoms with Crippen LogP contribution in [0.15, 0.2) is 53.0 Å². The lowest BCUT2D eigenvalue weighted by Crippen LogP contribution is -2.02. The maximum atomic E-state index is 5.85. The molecule has 0 bridgehead atoms. The van der Waals surface area contributed by atoms with Crippen molar-refractivity contribution in [2.45, 2.75) is 65.0 Å². The number of halogens is 1. The third kappa shape index (κ3) is 7.28. The zero-order valence-electron chi connectivity index (χ0n) is 17.1. The summed E-state index contributed by atoms with van der Waals surface area (Å²) in [4.78, 5) is 1.71. The highest BCUT2D eigenvalue weighted by Crippen LogP contribution is 2.20. The number of aryl methyl sites for hydroxylation is 1. The van der Waals surface area contributed by atoms with E-state index in [4.69, 9.17) is 4.74 Å². The number of hydrogen-bond donors (Lipinski definition) is 0. The number of nitrogens with zero attached hydrogens (tertiary/aromatic N) is 4. The molecule has 3 rings (SSSR count). The van der Waals surface area contributed by atoms with Crippen LogP contribution in [0, 0.1) is 0 Å². The Morgan fingerprint density at radius 3 is 2.28 bits per heavy atom. The summed E-state index contributed by atoms with van der Waals surface area (Å²) in [6.07, 6.45) is 8.95. The molecule has 3 aromatic rings. The molecule has 0 saturated heterocycles. The molecular weight excluding hydrogens is 428 g/mol. The third-order valence-corrected chi connectivity index (χ3v) is 5.37. The van der Waals surface area contributed by atoms with Crippen LogP contribution < -0.4 is 4.74 Å². The van der Waals surface area contributed by atoms with E-state index in [-0.39, 0.29) is 0 Å². The van der Waals surface area contributed by atoms with Crippen LogP contribution in [-0.2, 0) is 13.2 Å². The molecule has 0 saturated carbocycles. The van der Waals surface area contributed by atoms with Crippen LogP contribution in [-0.4, -0.2) is 20.2 Å². The van der Waals surface area contributed by atoms with Gasteiger partial charge in [0.1, 0.15) is 12.4 Å². The molecule has 154 valence electrons. The van der Waals surface area contributed by atoms with Crippen molar-refractivity contribution in [3.05, 3.63) is 58.6 Å². The van der Waals surface area contributed by atoms with Gasteiger partial charge in [0.25, 0.3) is 0 Å². The predicted octanol–water partition coefficient (Wildman–Crippen LogP) is 6.43. The Morgan fingerprint density at radius 2 is 1.55 bits per heavy atom. The summed E-state index contributed by atoms with van der Waals surface area (Å²) in [5.41, 5.74) is 2.08. The van der Waals surface area contributed by atoms with E-state index in [1.807, 2.05) is 48.5 Å². The van der Waals surface area contributed by atoms with E-state index in [0.717, 1.165) is 34.3 Å². The lowest BCUT2D eigenvalue weighted by molar-refractivity contribution is 0.306. The minimum Gasteiger partial charge on any atom is -0.489 e. The average molecular weight is 457 g/mol. The normalized spacial score (nSPS) is 11.0. The van der Waals surface area contributed by atoms with Crippen LogP contribution in [0.3, 0.4) is 0 Å². The molecule has 0 aliphatic rings. The van der Waals surface area contributed by atoms with Crippen molar-refractivity contribution in [2.75, 3.05) is 0 Å². The van der Waals surface area contributed by atoms with Gasteiger partial charge in [0, 0.05) is 10.0 Å². The number of ether oxygens (including phenoxy) is 1. The fourth-order valence-corrected chi connectivity index (χ4v) is 3.38. The first-order valence-electron chi connectivity index (χ1n) is 10.5. The summed E-state index contributed by atoms with van der Waals surface area (Å²) in [5.74, 6) is 1.49. The van der Waals surface area contributed by atoms with Gasteiger partial charge in [-0.25, -0.2) is 0 Å². The molecule has 0 N–H and O–H groups in total. The van der Waals surface area contributed by atoms with Crippen molar-refractivity contribution in [1.29, 1.82) is 0 Å². The van der Waals surface area contributed by atoms with Gasteiger partial charge < -0.3 is 4.74 Å². The van der Waals surface area contributed by atoms with Gasteiger partial charge >= 0.3 is 0 Å². The molecule has 0 spiro atoms. The second kappa shape index (κ2) is 11.7. The van der Waals surface area contributed by atoms with Gasteiger partial charge in [-0.3, -0.25) is 0 Å². The largest absolute Gasteiger partial charge is 0.489 e. The molecule has 0 fully saturated rings. The average Bonchev–Trinajstić information content (AvgIpc) is 3.22. The van der Waals surface area contributed by atoms with Crippen molar-refractivity contribution >= 4 is 15.9 Å². The van der Waals surface area contributed by atoms with Crippen LogP contribution in [0.5, 0.6) is 5.75 Å². The Bertz CT molecular complexity index is 846. The second-order valence-electron chi connectivity index (χ2n) is 7.27. The van der Waals surface area contributed by atoms with Crippen LogP contribution in [0.2, 0.25) is 0 Å². The molecule has 0 atom stereocenters. The second-order valence-corrected chi connectivity index (χ2v) is 8.19. The molecule has 0 radical (unpaired) electrons. The Morgan fingerprint density at radius 1 is 0.862 bits per heavy atom. The summed E-state index contributed by atoms with van der Waals surface area (Å²) in [6.45, 7) is 3.62. The first-order chi connectivity index (χ1) is 14.2. The zero-order chi connectivity index (χ0) is 20.3. The van der Waals surface area contributed by atoms with Crippen molar-refractivity contribution in [2.24, 2.45) is 0 Å². The molecular formula is C23H29BrN4O. The molecule has 0 aliphatic carbocycles. The highest BCUT2D eigenvalue weighted by Gasteiger charge is 2.06. The topological polar surface area (TPSA) is 52.8 Å². The van der Waals surface area contributed by atoms with E-state index in [9.17, 15) is 0 Å². The molecule has 29 heavy (non-hydrogen) atoms. The van der Waals surface area contributed by atoms with Crippen molar-refractivity contribution < 1.29 is 4.74 Å². The van der Waals surface area contributed by atoms with Gasteiger partial charge in [0.15, 0.2) is 0 Å². The molecule has 1 aromatic heterocycles. The Hall–Kier alpha value is -2.21. The van der Waals surface area contributed by atoms with E-state index in [1.165, 1.54) is 38.5 Å². The highest BCUT2D eigenvalue weighted by molar-refractivity contribution is 9.10. The Balaban J connectivity index is 1.43. The zero-order valence-corrected chi connectivity index (χ0v) is 18.6. The number of unbranched alkanes of at least 4 members (excludes halogenated alkanes) is 6. The van der Waals surface area contributed by atoms with Gasteiger partial charge in [0.2, 0.25) is 5.82 Å². The summed E-state index contributed by atoms with van der Waals surface area (Å²) < 4.78 is 6.92. The molecule has 6 heteroatoms. The minimum atomic E-state index is 0.541. The van der Waals surface area contributed by atoms with Gasteiger partial charge in [-0.15, -0.1) is 10.2 Å². The monoisotopic (exact) mass is 456 g/mol. The molecule has 5 nitrogen and oxygen atoms in total. The first kappa shape index (κ1) is 21.5. The van der Waals surface area contributed by atoms with E-state index in [2.05, 4.69) is 38.3 Å². The fourth-order valence-electron chi connectivity index (χ4n) is 3.11. The minimum absolute atomic E-state index is 0.541. The highest BCUT2D eigenvalue weighted by atomic mass is 79.9. The quantitative estimate of drug-likeness (QED) is 0.294. The number of aromatic nitrogens is 4. The summed E-state index contributed by atoms with van der Waals surface area (Å²) in [5, 5.41) is 12.9. The summed E-state index contributed by atoms with van der Waals surface area (Å²) in [6, 6.07) is 16.0. The van der Waals surface area contributed by atoms with Gasteiger partial charge in [-0.1, -0.05) is 73.5 Å². The molecule has 1 heterocycles. The summed E-state index contributed by atoms with van der Waals surface area (Å²) >= 11 is 3.44. The maximum absolute atomic E-state index is 5.85. The van der Waals surface area contributed by atoms with Crippen molar-refractivity contribution in [1.82, 2.24) is 20.2 Å². The molecule has 2 aromatic carbocycles. The lowest BCUT2D eigenvalue weighted by Gasteiger charge is -2.06. The van der Waals surface area contributed by atoms with E-state index in [1.54, 1.807) is 4.80 Å². The Labute approximate surface area is 181 Å².